The van der Waals surface area contributed by atoms with Crippen LogP contribution in [0.4, 0.5) is 0 Å². The Bertz CT molecular complexity index is 1630. The zero-order valence-electron chi connectivity index (χ0n) is 23.0. The quantitative estimate of drug-likeness (QED) is 0.118. The zero-order valence-corrected chi connectivity index (χ0v) is 23.8. The predicted molar refractivity (Wildman–Crippen MR) is 164 cm³/mol. The largest absolute Gasteiger partial charge is 0.490 e. The average molecular weight is 586 g/mol. The van der Waals surface area contributed by atoms with Gasteiger partial charge in [0.1, 0.15) is 31.3 Å². The summed E-state index contributed by atoms with van der Waals surface area (Å²) in [6.07, 6.45) is 12.1. The van der Waals surface area contributed by atoms with E-state index in [0.717, 1.165) is 46.2 Å². The van der Waals surface area contributed by atoms with Gasteiger partial charge in [-0.3, -0.25) is 9.59 Å². The molecule has 1 heterocycles. The van der Waals surface area contributed by atoms with Gasteiger partial charge in [0.25, 0.3) is 0 Å². The second kappa shape index (κ2) is 13.0. The Morgan fingerprint density at radius 3 is 2.31 bits per heavy atom. The van der Waals surface area contributed by atoms with Gasteiger partial charge in [0, 0.05) is 11.6 Å². The van der Waals surface area contributed by atoms with Gasteiger partial charge in [0.15, 0.2) is 0 Å². The van der Waals surface area contributed by atoms with E-state index in [1.165, 1.54) is 0 Å². The fourth-order valence-electron chi connectivity index (χ4n) is 5.17. The molecule has 216 valence electrons. The molecule has 0 spiro atoms. The van der Waals surface area contributed by atoms with E-state index in [0.29, 0.717) is 30.4 Å². The predicted octanol–water partition coefficient (Wildman–Crippen LogP) is 7.36. The van der Waals surface area contributed by atoms with E-state index in [-0.39, 0.29) is 18.4 Å². The molecule has 8 heteroatoms. The van der Waals surface area contributed by atoms with E-state index >= 15 is 0 Å². The third-order valence-electron chi connectivity index (χ3n) is 7.39. The summed E-state index contributed by atoms with van der Waals surface area (Å²) in [4.78, 5) is 23.0. The van der Waals surface area contributed by atoms with Crippen molar-refractivity contribution in [3.05, 3.63) is 107 Å². The summed E-state index contributed by atoms with van der Waals surface area (Å²) >= 11 is 6.09. The minimum Gasteiger partial charge on any atom is -0.490 e. The Morgan fingerprint density at radius 2 is 1.62 bits per heavy atom. The SMILES string of the molecule is O=C(O)Cn1cc(CC2(CC(=O)O)CC2)c2cccc(C=Cc3ccc(OC/C=C/COc4ccccc4Cl)cc3)c21. The number of carboxylic acids is 2. The minimum atomic E-state index is -0.928. The van der Waals surface area contributed by atoms with Crippen LogP contribution in [0, 0.1) is 5.41 Å². The average Bonchev–Trinajstić information content (AvgIpc) is 3.62. The Labute approximate surface area is 249 Å². The number of carboxylic acid groups (broad SMARTS) is 2. The third kappa shape index (κ3) is 7.42. The van der Waals surface area contributed by atoms with Crippen LogP contribution in [0.2, 0.25) is 5.02 Å². The normalized spacial score (nSPS) is 14.0. The molecule has 1 fully saturated rings. The number of para-hydroxylation sites is 2. The Kier molecular flexibility index (Phi) is 8.98. The number of hydrogen-bond acceptors (Lipinski definition) is 4. The first-order valence-corrected chi connectivity index (χ1v) is 14.2. The van der Waals surface area contributed by atoms with Crippen molar-refractivity contribution in [3.8, 4) is 11.5 Å². The number of aromatic nitrogens is 1. The maximum absolute atomic E-state index is 11.6. The number of nitrogens with zero attached hydrogens (tertiary/aromatic N) is 1. The van der Waals surface area contributed by atoms with Crippen LogP contribution in [0.25, 0.3) is 23.1 Å². The highest BCUT2D eigenvalue weighted by Gasteiger charge is 2.44. The van der Waals surface area contributed by atoms with Gasteiger partial charge < -0.3 is 24.3 Å². The number of rotatable bonds is 14. The molecule has 0 unspecified atom stereocenters. The molecule has 7 nitrogen and oxygen atoms in total. The molecule has 0 bridgehead atoms. The van der Waals surface area contributed by atoms with Crippen molar-refractivity contribution in [3.63, 3.8) is 0 Å². The highest BCUT2D eigenvalue weighted by molar-refractivity contribution is 6.32. The highest BCUT2D eigenvalue weighted by Crippen LogP contribution is 2.52. The first-order chi connectivity index (χ1) is 20.3. The van der Waals surface area contributed by atoms with E-state index in [1.807, 2.05) is 91.2 Å². The molecule has 1 saturated carbocycles. The van der Waals surface area contributed by atoms with Gasteiger partial charge in [-0.05, 0) is 77.8 Å². The van der Waals surface area contributed by atoms with E-state index in [9.17, 15) is 19.8 Å². The smallest absolute Gasteiger partial charge is 0.323 e. The molecule has 0 radical (unpaired) electrons. The lowest BCUT2D eigenvalue weighted by Crippen LogP contribution is -2.11. The van der Waals surface area contributed by atoms with Crippen LogP contribution in [0.1, 0.15) is 36.0 Å². The molecule has 0 atom stereocenters. The Morgan fingerprint density at radius 1 is 0.881 bits per heavy atom. The first kappa shape index (κ1) is 29.0. The van der Waals surface area contributed by atoms with Crippen molar-refractivity contribution < 1.29 is 29.3 Å². The van der Waals surface area contributed by atoms with Crippen LogP contribution in [0.5, 0.6) is 11.5 Å². The summed E-state index contributed by atoms with van der Waals surface area (Å²) in [5, 5.41) is 20.4. The molecule has 0 aliphatic heterocycles. The molecule has 1 aliphatic rings. The van der Waals surface area contributed by atoms with Gasteiger partial charge in [-0.2, -0.15) is 0 Å². The van der Waals surface area contributed by atoms with Crippen LogP contribution in [-0.4, -0.2) is 39.9 Å². The number of fused-ring (bicyclic) bond motifs is 1. The molecule has 0 amide bonds. The van der Waals surface area contributed by atoms with E-state index < -0.39 is 11.9 Å². The molecule has 2 N–H and O–H groups in total. The third-order valence-corrected chi connectivity index (χ3v) is 7.70. The molecule has 4 aromatic rings. The highest BCUT2D eigenvalue weighted by atomic mass is 35.5. The zero-order chi connectivity index (χ0) is 29.5. The van der Waals surface area contributed by atoms with Gasteiger partial charge in [0.05, 0.1) is 17.0 Å². The lowest BCUT2D eigenvalue weighted by molar-refractivity contribution is -0.139. The maximum Gasteiger partial charge on any atom is 0.323 e. The van der Waals surface area contributed by atoms with E-state index in [4.69, 9.17) is 21.1 Å². The number of carbonyl (C=O) groups is 2. The summed E-state index contributed by atoms with van der Waals surface area (Å²) in [5.41, 5.74) is 3.46. The summed E-state index contributed by atoms with van der Waals surface area (Å²) in [7, 11) is 0. The van der Waals surface area contributed by atoms with Gasteiger partial charge >= 0.3 is 11.9 Å². The van der Waals surface area contributed by atoms with Crippen LogP contribution < -0.4 is 9.47 Å². The molecule has 0 saturated heterocycles. The summed E-state index contributed by atoms with van der Waals surface area (Å²) in [6, 6.07) is 21.0. The van der Waals surface area contributed by atoms with Crippen LogP contribution in [0.15, 0.2) is 85.1 Å². The lowest BCUT2D eigenvalue weighted by atomic mass is 9.92. The topological polar surface area (TPSA) is 98.0 Å². The van der Waals surface area contributed by atoms with Crippen LogP contribution in [0.3, 0.4) is 0 Å². The molecule has 1 aliphatic carbocycles. The number of ether oxygens (including phenoxy) is 2. The standard InChI is InChI=1S/C34H32ClNO6/c35-29-8-1-2-9-30(29)42-19-4-3-18-41-27-14-11-24(12-15-27)10-13-25-6-5-7-28-26(20-34(16-17-34)21-31(37)38)22-36(33(25)28)23-32(39)40/h1-15,22H,16-21,23H2,(H,37,38)(H,39,40)/b4-3+,13-10?. The van der Waals surface area contributed by atoms with Gasteiger partial charge in [-0.25, -0.2) is 0 Å². The van der Waals surface area contributed by atoms with Gasteiger partial charge in [-0.15, -0.1) is 0 Å². The van der Waals surface area contributed by atoms with Gasteiger partial charge in [-0.1, -0.05) is 66.2 Å². The van der Waals surface area contributed by atoms with Crippen LogP contribution in [-0.2, 0) is 22.6 Å². The molecule has 5 rings (SSSR count). The van der Waals surface area contributed by atoms with E-state index in [1.54, 1.807) is 10.6 Å². The molecular formula is C34H32ClNO6. The van der Waals surface area contributed by atoms with Crippen molar-refractivity contribution in [2.45, 2.75) is 32.2 Å². The number of benzene rings is 3. The Balaban J connectivity index is 1.23. The van der Waals surface area contributed by atoms with Crippen molar-refractivity contribution >= 4 is 46.6 Å². The van der Waals surface area contributed by atoms with E-state index in [2.05, 4.69) is 0 Å². The fourth-order valence-corrected chi connectivity index (χ4v) is 5.36. The minimum absolute atomic E-state index is 0.131. The molecule has 3 aromatic carbocycles. The molecule has 1 aromatic heterocycles. The van der Waals surface area contributed by atoms with Crippen molar-refractivity contribution in [1.29, 1.82) is 0 Å². The first-order valence-electron chi connectivity index (χ1n) is 13.8. The second-order valence-corrected chi connectivity index (χ2v) is 11.0. The van der Waals surface area contributed by atoms with Crippen molar-refractivity contribution in [2.24, 2.45) is 5.41 Å². The second-order valence-electron chi connectivity index (χ2n) is 10.6. The maximum atomic E-state index is 11.6. The van der Waals surface area contributed by atoms with Crippen LogP contribution >= 0.6 is 11.6 Å². The summed E-state index contributed by atoms with van der Waals surface area (Å²) in [6.45, 7) is 0.629. The number of aliphatic carboxylic acids is 2. The summed E-state index contributed by atoms with van der Waals surface area (Å²) < 4.78 is 13.2. The Hall–Kier alpha value is -4.49. The molecule has 42 heavy (non-hydrogen) atoms. The summed E-state index contributed by atoms with van der Waals surface area (Å²) in [5.74, 6) is -0.344. The van der Waals surface area contributed by atoms with Gasteiger partial charge in [0.2, 0.25) is 0 Å². The van der Waals surface area contributed by atoms with Crippen molar-refractivity contribution in [2.75, 3.05) is 13.2 Å². The van der Waals surface area contributed by atoms with Crippen molar-refractivity contribution in [1.82, 2.24) is 4.57 Å². The number of hydrogen-bond donors (Lipinski definition) is 2. The monoisotopic (exact) mass is 585 g/mol. The number of halogens is 1. The lowest BCUT2D eigenvalue weighted by Gasteiger charge is -2.11. The fraction of sp³-hybridized carbons (Fsp3) is 0.235. The molecular weight excluding hydrogens is 554 g/mol.